The molecule has 0 aromatic carbocycles. The Hall–Kier alpha value is 0.220. The second kappa shape index (κ2) is 5.80. The fourth-order valence-electron chi connectivity index (χ4n) is 0.995. The molecule has 0 aromatic rings. The molecule has 0 amide bonds. The summed E-state index contributed by atoms with van der Waals surface area (Å²) in [6, 6.07) is 0. The van der Waals surface area contributed by atoms with Crippen LogP contribution in [0, 0.1) is 5.41 Å². The third-order valence-corrected chi connectivity index (χ3v) is 2.47. The number of hydrogen-bond acceptors (Lipinski definition) is 0. The predicted octanol–water partition coefficient (Wildman–Crippen LogP) is 4.54. The minimum atomic E-state index is 0.432. The Balaban J connectivity index is 3.94. The first kappa shape index (κ1) is 12.2. The van der Waals surface area contributed by atoms with E-state index in [-0.39, 0.29) is 0 Å². The zero-order valence-electron chi connectivity index (χ0n) is 8.78. The molecule has 0 aliphatic heterocycles. The van der Waals surface area contributed by atoms with E-state index < -0.39 is 0 Å². The Labute approximate surface area is 85.6 Å². The SMILES string of the molecule is CCC/C(=C/CC(C)(C)C)CBr. The van der Waals surface area contributed by atoms with Crippen LogP contribution in [0.3, 0.4) is 0 Å². The van der Waals surface area contributed by atoms with Crippen molar-refractivity contribution >= 4 is 15.9 Å². The quantitative estimate of drug-likeness (QED) is 0.493. The third kappa shape index (κ3) is 6.90. The van der Waals surface area contributed by atoms with E-state index in [0.717, 1.165) is 5.33 Å². The second-order valence-electron chi connectivity index (χ2n) is 4.51. The van der Waals surface area contributed by atoms with Crippen molar-refractivity contribution in [1.29, 1.82) is 0 Å². The fourth-order valence-corrected chi connectivity index (χ4v) is 1.50. The van der Waals surface area contributed by atoms with Crippen molar-refractivity contribution in [2.45, 2.75) is 47.0 Å². The van der Waals surface area contributed by atoms with E-state index in [1.165, 1.54) is 19.3 Å². The molecular formula is C11H21Br. The molecule has 72 valence electrons. The van der Waals surface area contributed by atoms with Gasteiger partial charge in [0.05, 0.1) is 0 Å². The van der Waals surface area contributed by atoms with Crippen molar-refractivity contribution in [1.82, 2.24) is 0 Å². The number of halogens is 1. The molecule has 1 heteroatoms. The molecule has 0 nitrogen and oxygen atoms in total. The number of allylic oxidation sites excluding steroid dienone is 2. The van der Waals surface area contributed by atoms with E-state index in [1.807, 2.05) is 0 Å². The van der Waals surface area contributed by atoms with Gasteiger partial charge in [-0.1, -0.05) is 61.7 Å². The van der Waals surface area contributed by atoms with E-state index in [2.05, 4.69) is 49.7 Å². The molecule has 0 atom stereocenters. The van der Waals surface area contributed by atoms with Crippen LogP contribution in [0.2, 0.25) is 0 Å². The fraction of sp³-hybridized carbons (Fsp3) is 0.818. The zero-order chi connectivity index (χ0) is 9.61. The molecule has 0 spiro atoms. The highest BCUT2D eigenvalue weighted by atomic mass is 79.9. The summed E-state index contributed by atoms with van der Waals surface area (Å²) in [5.41, 5.74) is 1.98. The predicted molar refractivity (Wildman–Crippen MR) is 60.9 cm³/mol. The zero-order valence-corrected chi connectivity index (χ0v) is 10.4. The van der Waals surface area contributed by atoms with E-state index in [4.69, 9.17) is 0 Å². The van der Waals surface area contributed by atoms with E-state index in [0.29, 0.717) is 5.41 Å². The smallest absolute Gasteiger partial charge is 0.0241 e. The Bertz CT molecular complexity index is 140. The van der Waals surface area contributed by atoms with Gasteiger partial charge < -0.3 is 0 Å². The lowest BCUT2D eigenvalue weighted by Crippen LogP contribution is -2.03. The van der Waals surface area contributed by atoms with Crippen molar-refractivity contribution in [3.05, 3.63) is 11.6 Å². The van der Waals surface area contributed by atoms with Gasteiger partial charge in [0.2, 0.25) is 0 Å². The van der Waals surface area contributed by atoms with Gasteiger partial charge in [0.15, 0.2) is 0 Å². The summed E-state index contributed by atoms with van der Waals surface area (Å²) < 4.78 is 0. The first-order valence-corrected chi connectivity index (χ1v) is 5.85. The first-order chi connectivity index (χ1) is 5.49. The van der Waals surface area contributed by atoms with Crippen LogP contribution in [-0.4, -0.2) is 5.33 Å². The van der Waals surface area contributed by atoms with Crippen LogP contribution in [0.25, 0.3) is 0 Å². The molecule has 0 N–H and O–H groups in total. The topological polar surface area (TPSA) is 0 Å². The lowest BCUT2D eigenvalue weighted by molar-refractivity contribution is 0.419. The average Bonchev–Trinajstić information content (AvgIpc) is 1.96. The lowest BCUT2D eigenvalue weighted by atomic mass is 9.91. The van der Waals surface area contributed by atoms with Crippen LogP contribution in [0.1, 0.15) is 47.0 Å². The van der Waals surface area contributed by atoms with Crippen molar-refractivity contribution in [2.75, 3.05) is 5.33 Å². The van der Waals surface area contributed by atoms with Gasteiger partial charge in [-0.15, -0.1) is 0 Å². The van der Waals surface area contributed by atoms with Gasteiger partial charge in [-0.25, -0.2) is 0 Å². The molecule has 0 bridgehead atoms. The first-order valence-electron chi connectivity index (χ1n) is 4.73. The standard InChI is InChI=1S/C11H21Br/c1-5-6-10(9-12)7-8-11(2,3)4/h7H,5-6,8-9H2,1-4H3/b10-7-. The van der Waals surface area contributed by atoms with E-state index in [1.54, 1.807) is 5.57 Å². The van der Waals surface area contributed by atoms with Crippen LogP contribution >= 0.6 is 15.9 Å². The van der Waals surface area contributed by atoms with Crippen molar-refractivity contribution in [3.8, 4) is 0 Å². The summed E-state index contributed by atoms with van der Waals surface area (Å²) in [6.07, 6.45) is 6.06. The van der Waals surface area contributed by atoms with Crippen LogP contribution in [0.4, 0.5) is 0 Å². The molecule has 0 aliphatic rings. The molecule has 0 rings (SSSR count). The Morgan fingerprint density at radius 3 is 2.25 bits per heavy atom. The minimum absolute atomic E-state index is 0.432. The minimum Gasteiger partial charge on any atom is -0.0880 e. The summed E-state index contributed by atoms with van der Waals surface area (Å²) in [5.74, 6) is 0. The van der Waals surface area contributed by atoms with Gasteiger partial charge in [-0.2, -0.15) is 0 Å². The van der Waals surface area contributed by atoms with Gasteiger partial charge in [0.1, 0.15) is 0 Å². The third-order valence-electron chi connectivity index (χ3n) is 1.75. The van der Waals surface area contributed by atoms with Crippen LogP contribution < -0.4 is 0 Å². The summed E-state index contributed by atoms with van der Waals surface area (Å²) in [6.45, 7) is 9.07. The van der Waals surface area contributed by atoms with E-state index >= 15 is 0 Å². The maximum Gasteiger partial charge on any atom is 0.0241 e. The van der Waals surface area contributed by atoms with Gasteiger partial charge >= 0.3 is 0 Å². The maximum absolute atomic E-state index is 3.52. The normalized spacial score (nSPS) is 13.6. The average molecular weight is 233 g/mol. The van der Waals surface area contributed by atoms with Crippen molar-refractivity contribution < 1.29 is 0 Å². The summed E-state index contributed by atoms with van der Waals surface area (Å²) in [4.78, 5) is 0. The van der Waals surface area contributed by atoms with Gasteiger partial charge in [0, 0.05) is 5.33 Å². The molecule has 0 heterocycles. The van der Waals surface area contributed by atoms with E-state index in [9.17, 15) is 0 Å². The molecule has 0 saturated carbocycles. The van der Waals surface area contributed by atoms with Gasteiger partial charge in [-0.05, 0) is 18.3 Å². The maximum atomic E-state index is 3.52. The number of rotatable bonds is 4. The molecule has 0 fully saturated rings. The summed E-state index contributed by atoms with van der Waals surface area (Å²) >= 11 is 3.52. The summed E-state index contributed by atoms with van der Waals surface area (Å²) in [5, 5.41) is 1.04. The van der Waals surface area contributed by atoms with Crippen LogP contribution in [0.15, 0.2) is 11.6 Å². The van der Waals surface area contributed by atoms with Gasteiger partial charge in [0.25, 0.3) is 0 Å². The molecule has 0 saturated heterocycles. The molecule has 0 aliphatic carbocycles. The Morgan fingerprint density at radius 2 is 1.92 bits per heavy atom. The monoisotopic (exact) mass is 232 g/mol. The molecule has 0 unspecified atom stereocenters. The van der Waals surface area contributed by atoms with Crippen LogP contribution in [-0.2, 0) is 0 Å². The molecule has 0 radical (unpaired) electrons. The Morgan fingerprint density at radius 1 is 1.33 bits per heavy atom. The molecular weight excluding hydrogens is 212 g/mol. The second-order valence-corrected chi connectivity index (χ2v) is 5.07. The van der Waals surface area contributed by atoms with Crippen molar-refractivity contribution in [3.63, 3.8) is 0 Å². The molecule has 12 heavy (non-hydrogen) atoms. The highest BCUT2D eigenvalue weighted by Crippen LogP contribution is 2.21. The number of alkyl halides is 1. The highest BCUT2D eigenvalue weighted by molar-refractivity contribution is 9.09. The largest absolute Gasteiger partial charge is 0.0880 e. The summed E-state index contributed by atoms with van der Waals surface area (Å²) in [7, 11) is 0. The van der Waals surface area contributed by atoms with Gasteiger partial charge in [-0.3, -0.25) is 0 Å². The number of hydrogen-bond donors (Lipinski definition) is 0. The lowest BCUT2D eigenvalue weighted by Gasteiger charge is -2.15. The van der Waals surface area contributed by atoms with Crippen LogP contribution in [0.5, 0.6) is 0 Å². The highest BCUT2D eigenvalue weighted by Gasteiger charge is 2.07. The van der Waals surface area contributed by atoms with Crippen molar-refractivity contribution in [2.24, 2.45) is 5.41 Å². The Kier molecular flexibility index (Phi) is 5.90. The molecule has 0 aromatic heterocycles.